The highest BCUT2D eigenvalue weighted by Gasteiger charge is 2.23. The van der Waals surface area contributed by atoms with Gasteiger partial charge in [-0.1, -0.05) is 42.9 Å². The molecule has 0 aliphatic rings. The fourth-order valence-electron chi connectivity index (χ4n) is 2.61. The van der Waals surface area contributed by atoms with Crippen LogP contribution in [-0.2, 0) is 14.6 Å². The van der Waals surface area contributed by atoms with Crippen molar-refractivity contribution in [2.24, 2.45) is 0 Å². The molecule has 27 heavy (non-hydrogen) atoms. The Kier molecular flexibility index (Phi) is 7.50. The Hall–Kier alpha value is -2.25. The minimum atomic E-state index is -3.28. The van der Waals surface area contributed by atoms with Crippen LogP contribution in [0.3, 0.4) is 0 Å². The summed E-state index contributed by atoms with van der Waals surface area (Å²) in [7, 11) is -3.28. The number of benzene rings is 1. The normalized spacial score (nSPS) is 13.7. The van der Waals surface area contributed by atoms with E-state index < -0.39 is 15.8 Å². The molecule has 1 amide bonds. The van der Waals surface area contributed by atoms with Crippen molar-refractivity contribution in [1.29, 1.82) is 0 Å². The Labute approximate surface area is 166 Å². The third-order valence-corrected chi connectivity index (χ3v) is 5.95. The molecule has 2 aromatic rings. The molecule has 7 heteroatoms. The molecule has 0 aliphatic heterocycles. The smallest absolute Gasteiger partial charge is 0.234 e. The van der Waals surface area contributed by atoms with E-state index >= 15 is 0 Å². The number of hydrogen-bond donors (Lipinski definition) is 1. The van der Waals surface area contributed by atoms with Crippen molar-refractivity contribution >= 4 is 32.2 Å². The zero-order chi connectivity index (χ0) is 19.9. The van der Waals surface area contributed by atoms with E-state index in [9.17, 15) is 13.2 Å². The van der Waals surface area contributed by atoms with Gasteiger partial charge in [0.1, 0.15) is 0 Å². The fourth-order valence-corrected chi connectivity index (χ4v) is 3.77. The van der Waals surface area contributed by atoms with Gasteiger partial charge in [0.25, 0.3) is 0 Å². The average molecular weight is 407 g/mol. The van der Waals surface area contributed by atoms with Crippen LogP contribution in [0, 0.1) is 0 Å². The van der Waals surface area contributed by atoms with E-state index in [1.54, 1.807) is 35.8 Å². The highest BCUT2D eigenvalue weighted by Crippen LogP contribution is 2.28. The Bertz CT molecular complexity index is 919. The number of rotatable bonds is 8. The van der Waals surface area contributed by atoms with E-state index in [-0.39, 0.29) is 12.2 Å². The topological polar surface area (TPSA) is 76.1 Å². The minimum Gasteiger partial charge on any atom is -0.301 e. The number of allylic oxidation sites excluding steroid dienone is 4. The van der Waals surface area contributed by atoms with Gasteiger partial charge in [-0.05, 0) is 37.5 Å². The quantitative estimate of drug-likeness (QED) is 0.638. The maximum atomic E-state index is 12.9. The van der Waals surface area contributed by atoms with Gasteiger partial charge in [0.15, 0.2) is 15.0 Å². The number of carbonyl (C=O) groups is 1. The molecule has 1 unspecified atom stereocenters. The summed E-state index contributed by atoms with van der Waals surface area (Å²) in [5.41, 5.74) is 1.91. The van der Waals surface area contributed by atoms with Crippen LogP contribution in [0.1, 0.15) is 39.6 Å². The number of aromatic nitrogens is 1. The average Bonchev–Trinajstić information content (AvgIpc) is 3.14. The predicted molar refractivity (Wildman–Crippen MR) is 113 cm³/mol. The zero-order valence-electron chi connectivity index (χ0n) is 15.7. The van der Waals surface area contributed by atoms with Gasteiger partial charge in [-0.3, -0.25) is 4.79 Å². The molecule has 0 spiro atoms. The van der Waals surface area contributed by atoms with Crippen LogP contribution >= 0.6 is 11.3 Å². The highest BCUT2D eigenvalue weighted by molar-refractivity contribution is 7.90. The van der Waals surface area contributed by atoms with Gasteiger partial charge in [0.05, 0.1) is 10.8 Å². The summed E-state index contributed by atoms with van der Waals surface area (Å²) in [5.74, 6) is -0.587. The number of carbonyl (C=O) groups excluding carboxylic acids is 1. The molecular weight excluding hydrogens is 380 g/mol. The van der Waals surface area contributed by atoms with Crippen LogP contribution in [0.15, 0.2) is 64.5 Å². The third-order valence-electron chi connectivity index (χ3n) is 4.13. The molecule has 0 saturated carbocycles. The van der Waals surface area contributed by atoms with Crippen molar-refractivity contribution in [3.8, 4) is 0 Å². The first-order chi connectivity index (χ1) is 12.8. The Morgan fingerprint density at radius 2 is 2.04 bits per heavy atom. The lowest BCUT2D eigenvalue weighted by Crippen LogP contribution is -2.21. The molecule has 0 saturated heterocycles. The van der Waals surface area contributed by atoms with E-state index in [2.05, 4.69) is 17.2 Å². The second kappa shape index (κ2) is 9.62. The first-order valence-electron chi connectivity index (χ1n) is 8.66. The first kappa shape index (κ1) is 21.1. The molecule has 1 heterocycles. The number of thiazole rings is 1. The molecule has 1 aromatic carbocycles. The molecule has 0 fully saturated rings. The molecule has 146 valence electrons. The fraction of sp³-hybridized carbons (Fsp3) is 0.300. The van der Waals surface area contributed by atoms with Crippen LogP contribution < -0.4 is 5.32 Å². The highest BCUT2D eigenvalue weighted by atomic mass is 32.2. The van der Waals surface area contributed by atoms with Crippen molar-refractivity contribution in [3.63, 3.8) is 0 Å². The van der Waals surface area contributed by atoms with Gasteiger partial charge < -0.3 is 5.32 Å². The Morgan fingerprint density at radius 3 is 2.56 bits per heavy atom. The molecular formula is C20H26N2O3S2. The lowest BCUT2D eigenvalue weighted by molar-refractivity contribution is -0.117. The summed E-state index contributed by atoms with van der Waals surface area (Å²) < 4.78 is 23.4. The lowest BCUT2D eigenvalue weighted by Gasteiger charge is -2.18. The van der Waals surface area contributed by atoms with Crippen LogP contribution in [0.2, 0.25) is 0 Å². The maximum Gasteiger partial charge on any atom is 0.234 e. The number of sulfone groups is 1. The molecule has 0 aliphatic carbocycles. The second-order valence-corrected chi connectivity index (χ2v) is 9.04. The molecule has 0 bridgehead atoms. The second-order valence-electron chi connectivity index (χ2n) is 6.13. The maximum absolute atomic E-state index is 12.9. The van der Waals surface area contributed by atoms with Gasteiger partial charge in [-0.25, -0.2) is 13.4 Å². The standard InChI is InChI=1S/C20H24N2O3S2.H2/c1-4-6-7-15(5-2)14-18(19(23)22-20-21-12-13-26-20)16-8-10-17(11-9-16)27(3,24)25;/h4,6-13,18H,5,14H2,1-3H3,(H,21,22,23);1H/b6-4-,15-7+;. The summed E-state index contributed by atoms with van der Waals surface area (Å²) in [6.45, 7) is 4.00. The molecule has 1 aromatic heterocycles. The summed E-state index contributed by atoms with van der Waals surface area (Å²) in [4.78, 5) is 17.3. The van der Waals surface area contributed by atoms with Crippen molar-refractivity contribution in [2.45, 2.75) is 37.5 Å². The van der Waals surface area contributed by atoms with E-state index in [4.69, 9.17) is 0 Å². The number of nitrogens with one attached hydrogen (secondary N) is 1. The molecule has 1 atom stereocenters. The van der Waals surface area contributed by atoms with E-state index in [1.165, 1.54) is 17.6 Å². The van der Waals surface area contributed by atoms with E-state index in [0.717, 1.165) is 17.6 Å². The minimum absolute atomic E-state index is 0. The molecule has 2 rings (SSSR count). The summed E-state index contributed by atoms with van der Waals surface area (Å²) in [6, 6.07) is 6.53. The van der Waals surface area contributed by atoms with Gasteiger partial charge >= 0.3 is 0 Å². The van der Waals surface area contributed by atoms with Crippen molar-refractivity contribution in [1.82, 2.24) is 4.98 Å². The van der Waals surface area contributed by atoms with Crippen LogP contribution in [0.4, 0.5) is 5.13 Å². The van der Waals surface area contributed by atoms with Gasteiger partial charge in [0, 0.05) is 19.3 Å². The van der Waals surface area contributed by atoms with Gasteiger partial charge in [-0.15, -0.1) is 11.3 Å². The number of nitrogens with zero attached hydrogens (tertiary/aromatic N) is 1. The van der Waals surface area contributed by atoms with Crippen LogP contribution in [-0.4, -0.2) is 25.6 Å². The van der Waals surface area contributed by atoms with Crippen LogP contribution in [0.25, 0.3) is 0 Å². The molecule has 0 radical (unpaired) electrons. The Morgan fingerprint density at radius 1 is 1.33 bits per heavy atom. The Balaban J connectivity index is 0.00000392. The summed E-state index contributed by atoms with van der Waals surface area (Å²) in [5, 5.41) is 5.21. The largest absolute Gasteiger partial charge is 0.301 e. The lowest BCUT2D eigenvalue weighted by atomic mass is 9.90. The summed E-state index contributed by atoms with van der Waals surface area (Å²) >= 11 is 1.36. The number of amides is 1. The monoisotopic (exact) mass is 406 g/mol. The van der Waals surface area contributed by atoms with Crippen molar-refractivity contribution in [2.75, 3.05) is 11.6 Å². The number of anilines is 1. The first-order valence-corrected chi connectivity index (χ1v) is 11.4. The van der Waals surface area contributed by atoms with Crippen molar-refractivity contribution < 1.29 is 14.6 Å². The predicted octanol–water partition coefficient (Wildman–Crippen LogP) is 4.82. The molecule has 5 nitrogen and oxygen atoms in total. The SMILES string of the molecule is C/C=C\C=C(/CC)CC(C(=O)Nc1nccs1)c1ccc(S(C)(=O)=O)cc1.[HH]. The summed E-state index contributed by atoms with van der Waals surface area (Å²) in [6.07, 6.45) is 10.1. The van der Waals surface area contributed by atoms with E-state index in [0.29, 0.717) is 11.6 Å². The third kappa shape index (κ3) is 6.15. The van der Waals surface area contributed by atoms with Gasteiger partial charge in [-0.2, -0.15) is 0 Å². The van der Waals surface area contributed by atoms with E-state index in [1.807, 2.05) is 25.2 Å². The van der Waals surface area contributed by atoms with Crippen molar-refractivity contribution in [3.05, 3.63) is 65.2 Å². The van der Waals surface area contributed by atoms with Crippen LogP contribution in [0.5, 0.6) is 0 Å². The van der Waals surface area contributed by atoms with Gasteiger partial charge in [0.2, 0.25) is 5.91 Å². The zero-order valence-corrected chi connectivity index (χ0v) is 17.3. The number of hydrogen-bond acceptors (Lipinski definition) is 5. The molecule has 1 N–H and O–H groups in total.